The molecule has 0 aliphatic carbocycles. The number of nitrogens with zero attached hydrogens (tertiary/aromatic N) is 1. The number of fused-ring (bicyclic) bond motifs is 1. The molecule has 0 radical (unpaired) electrons. The molecule has 0 saturated carbocycles. The third-order valence-electron chi connectivity index (χ3n) is 1.22. The van der Waals surface area contributed by atoms with Crippen LogP contribution in [0.2, 0.25) is 0 Å². The van der Waals surface area contributed by atoms with Gasteiger partial charge < -0.3 is 5.32 Å². The van der Waals surface area contributed by atoms with Crippen molar-refractivity contribution in [2.24, 2.45) is 0 Å². The van der Waals surface area contributed by atoms with Crippen LogP contribution in [0.5, 0.6) is 0 Å². The Labute approximate surface area is 59.5 Å². The summed E-state index contributed by atoms with van der Waals surface area (Å²) in [5.74, 6) is 0. The summed E-state index contributed by atoms with van der Waals surface area (Å²) < 4.78 is 30.0. The van der Waals surface area contributed by atoms with Gasteiger partial charge in [-0.05, 0) is 17.2 Å². The van der Waals surface area contributed by atoms with E-state index in [4.69, 9.17) is 5.48 Å². The van der Waals surface area contributed by atoms with Gasteiger partial charge in [0.15, 0.2) is 0 Å². The van der Waals surface area contributed by atoms with Crippen LogP contribution < -0.4 is 5.32 Å². The van der Waals surface area contributed by atoms with Gasteiger partial charge in [0.1, 0.15) is 0 Å². The topological polar surface area (TPSA) is 24.9 Å². The van der Waals surface area contributed by atoms with Gasteiger partial charge in [0, 0.05) is 30.9 Å². The summed E-state index contributed by atoms with van der Waals surface area (Å²) in [4.78, 5) is 3.77. The van der Waals surface area contributed by atoms with Gasteiger partial charge >= 0.3 is 0 Å². The van der Waals surface area contributed by atoms with E-state index in [1.165, 1.54) is 18.5 Å². The highest BCUT2D eigenvalue weighted by molar-refractivity contribution is 5.26. The predicted octanol–water partition coefficient (Wildman–Crippen LogP) is 0.685. The van der Waals surface area contributed by atoms with Crippen molar-refractivity contribution in [3.63, 3.8) is 0 Å². The maximum atomic E-state index is 7.51. The molecule has 0 saturated heterocycles. The van der Waals surface area contributed by atoms with E-state index in [1.807, 2.05) is 0 Å². The molecular formula is C7H8N2. The van der Waals surface area contributed by atoms with Crippen molar-refractivity contribution in [3.05, 3.63) is 29.6 Å². The van der Waals surface area contributed by atoms with Crippen molar-refractivity contribution < 1.29 is 5.48 Å². The van der Waals surface area contributed by atoms with Gasteiger partial charge in [-0.3, -0.25) is 4.98 Å². The molecule has 1 aliphatic rings. The summed E-state index contributed by atoms with van der Waals surface area (Å²) in [6, 6.07) is 1.49. The van der Waals surface area contributed by atoms with Crippen LogP contribution in [0, 0.1) is 0 Å². The molecule has 0 bridgehead atoms. The zero-order valence-electron chi connectivity index (χ0n) is 8.68. The van der Waals surface area contributed by atoms with Crippen LogP contribution in [0.25, 0.3) is 0 Å². The third-order valence-corrected chi connectivity index (χ3v) is 1.22. The number of hydrogen-bond donors (Lipinski definition) is 1. The van der Waals surface area contributed by atoms with Crippen LogP contribution in [0.4, 0.5) is 0 Å². The van der Waals surface area contributed by atoms with E-state index in [0.717, 1.165) is 0 Å². The summed E-state index contributed by atoms with van der Waals surface area (Å²) in [5.41, 5.74) is 0.604. The van der Waals surface area contributed by atoms with E-state index in [-0.39, 0.29) is 5.56 Å². The van der Waals surface area contributed by atoms with E-state index in [2.05, 4.69) is 10.3 Å². The Kier molecular flexibility index (Phi) is 0.480. The largest absolute Gasteiger partial charge is 0.309 e. The molecule has 1 N–H and O–H groups in total. The molecule has 2 nitrogen and oxygen atoms in total. The maximum Gasteiger partial charge on any atom is 0.0480 e. The second-order valence-corrected chi connectivity index (χ2v) is 1.80. The molecule has 46 valence electrons. The van der Waals surface area contributed by atoms with Gasteiger partial charge in [-0.25, -0.2) is 0 Å². The molecule has 1 aromatic rings. The predicted molar refractivity (Wildman–Crippen MR) is 34.8 cm³/mol. The number of nitrogens with one attached hydrogen (secondary N) is 1. The standard InChI is InChI=1S/C7H8N2/c1-2-8-4-7-5-9-3-6(1)7/h1-2,4,9H,3,5H2/i3D2,5D2. The molecule has 2 heteroatoms. The van der Waals surface area contributed by atoms with E-state index < -0.39 is 13.0 Å². The fourth-order valence-electron chi connectivity index (χ4n) is 0.769. The van der Waals surface area contributed by atoms with Crippen LogP contribution >= 0.6 is 0 Å². The second kappa shape index (κ2) is 1.81. The van der Waals surface area contributed by atoms with Crippen molar-refractivity contribution in [2.75, 3.05) is 0 Å². The van der Waals surface area contributed by atoms with Crippen LogP contribution in [-0.2, 0) is 13.0 Å². The zero-order valence-corrected chi connectivity index (χ0v) is 4.68. The molecule has 0 atom stereocenters. The highest BCUT2D eigenvalue weighted by Crippen LogP contribution is 2.11. The highest BCUT2D eigenvalue weighted by atomic mass is 14.9. The Morgan fingerprint density at radius 3 is 3.33 bits per heavy atom. The molecule has 0 amide bonds. The first-order chi connectivity index (χ1) is 5.93. The molecule has 9 heavy (non-hydrogen) atoms. The van der Waals surface area contributed by atoms with Crippen LogP contribution in [0.1, 0.15) is 16.6 Å². The van der Waals surface area contributed by atoms with Crippen molar-refractivity contribution in [1.82, 2.24) is 10.3 Å². The average molecular weight is 124 g/mol. The first kappa shape index (κ1) is 2.39. The Bertz CT molecular complexity index is 317. The van der Waals surface area contributed by atoms with Gasteiger partial charge in [0.05, 0.1) is 0 Å². The average Bonchev–Trinajstić information content (AvgIpc) is 2.20. The lowest BCUT2D eigenvalue weighted by atomic mass is 10.2. The van der Waals surface area contributed by atoms with E-state index >= 15 is 0 Å². The van der Waals surface area contributed by atoms with E-state index in [9.17, 15) is 0 Å². The molecule has 2 rings (SSSR count). The number of aromatic nitrogens is 1. The molecule has 2 heterocycles. The molecule has 1 aromatic heterocycles. The van der Waals surface area contributed by atoms with Gasteiger partial charge in [0.25, 0.3) is 0 Å². The number of rotatable bonds is 0. The Balaban J connectivity index is 2.64. The minimum atomic E-state index is -1.83. The van der Waals surface area contributed by atoms with Crippen molar-refractivity contribution in [1.29, 1.82) is 0 Å². The monoisotopic (exact) mass is 124 g/mol. The first-order valence-corrected chi connectivity index (χ1v) is 2.68. The van der Waals surface area contributed by atoms with E-state index in [0.29, 0.717) is 5.56 Å². The molecule has 0 spiro atoms. The summed E-state index contributed by atoms with van der Waals surface area (Å²) in [5, 5.41) is 2.26. The van der Waals surface area contributed by atoms with E-state index in [1.54, 1.807) is 0 Å². The fourth-order valence-corrected chi connectivity index (χ4v) is 0.769. The van der Waals surface area contributed by atoms with Gasteiger partial charge in [0.2, 0.25) is 0 Å². The number of hydrogen-bond acceptors (Lipinski definition) is 2. The Hall–Kier alpha value is -0.890. The second-order valence-electron chi connectivity index (χ2n) is 1.80. The number of pyridine rings is 1. The molecule has 0 aromatic carbocycles. The van der Waals surface area contributed by atoms with Gasteiger partial charge in [-0.15, -0.1) is 0 Å². The Morgan fingerprint density at radius 2 is 2.44 bits per heavy atom. The molecule has 1 aliphatic heterocycles. The van der Waals surface area contributed by atoms with Gasteiger partial charge in [-0.2, -0.15) is 0 Å². The van der Waals surface area contributed by atoms with Crippen molar-refractivity contribution in [3.8, 4) is 0 Å². The molecule has 0 fully saturated rings. The molecular weight excluding hydrogens is 112 g/mol. The van der Waals surface area contributed by atoms with Gasteiger partial charge in [-0.1, -0.05) is 0 Å². The minimum absolute atomic E-state index is 0.278. The zero-order chi connectivity index (χ0) is 9.69. The van der Waals surface area contributed by atoms with Crippen molar-refractivity contribution in [2.45, 2.75) is 13.0 Å². The first-order valence-electron chi connectivity index (χ1n) is 4.68. The highest BCUT2D eigenvalue weighted by Gasteiger charge is 2.06. The lowest BCUT2D eigenvalue weighted by molar-refractivity contribution is 0.764. The lowest BCUT2D eigenvalue weighted by Gasteiger charge is -1.90. The summed E-state index contributed by atoms with van der Waals surface area (Å²) in [6.45, 7) is -3.63. The maximum absolute atomic E-state index is 7.51. The third kappa shape index (κ3) is 0.715. The summed E-state index contributed by atoms with van der Waals surface area (Å²) >= 11 is 0. The Morgan fingerprint density at radius 1 is 1.56 bits per heavy atom. The quantitative estimate of drug-likeness (QED) is 0.550. The minimum Gasteiger partial charge on any atom is -0.309 e. The van der Waals surface area contributed by atoms with Crippen LogP contribution in [-0.4, -0.2) is 4.98 Å². The normalized spacial score (nSPS) is 33.3. The van der Waals surface area contributed by atoms with Crippen LogP contribution in [0.3, 0.4) is 0 Å². The molecule has 0 unspecified atom stereocenters. The van der Waals surface area contributed by atoms with Crippen molar-refractivity contribution >= 4 is 0 Å². The SMILES string of the molecule is [2H]C1([2H])NC([2H])([2H])c2cnccc21. The summed E-state index contributed by atoms with van der Waals surface area (Å²) in [6.07, 6.45) is 2.81. The fraction of sp³-hybridized carbons (Fsp3) is 0.286. The smallest absolute Gasteiger partial charge is 0.0480 e. The van der Waals surface area contributed by atoms with Crippen LogP contribution in [0.15, 0.2) is 18.5 Å². The summed E-state index contributed by atoms with van der Waals surface area (Å²) in [7, 11) is 0. The lowest BCUT2D eigenvalue weighted by Crippen LogP contribution is -1.99.